The molecule has 17 heavy (non-hydrogen) atoms. The fourth-order valence-corrected chi connectivity index (χ4v) is 2.08. The van der Waals surface area contributed by atoms with Crippen LogP contribution in [-0.2, 0) is 10.2 Å². The Balaban J connectivity index is 2.56. The first kappa shape index (κ1) is 11.7. The fourth-order valence-electron chi connectivity index (χ4n) is 2.08. The van der Waals surface area contributed by atoms with Gasteiger partial charge in [0.15, 0.2) is 0 Å². The highest BCUT2D eigenvalue weighted by Crippen LogP contribution is 2.32. The topological polar surface area (TPSA) is 79.1 Å². The van der Waals surface area contributed by atoms with E-state index >= 15 is 0 Å². The molecule has 90 valence electrons. The molecule has 0 saturated carbocycles. The van der Waals surface area contributed by atoms with Crippen LogP contribution >= 0.6 is 0 Å². The third-order valence-electron chi connectivity index (χ3n) is 3.33. The van der Waals surface area contributed by atoms with Gasteiger partial charge in [-0.3, -0.25) is 4.79 Å². The van der Waals surface area contributed by atoms with E-state index in [0.29, 0.717) is 0 Å². The van der Waals surface area contributed by atoms with Gasteiger partial charge < -0.3 is 15.8 Å². The van der Waals surface area contributed by atoms with E-state index in [9.17, 15) is 4.79 Å². The number of aliphatic carboxylic acids is 1. The van der Waals surface area contributed by atoms with Crippen molar-refractivity contribution in [3.05, 3.63) is 36.0 Å². The predicted molar refractivity (Wildman–Crippen MR) is 66.9 cm³/mol. The second-order valence-electron chi connectivity index (χ2n) is 4.79. The monoisotopic (exact) mass is 232 g/mol. The summed E-state index contributed by atoms with van der Waals surface area (Å²) in [6.07, 6.45) is 1.84. The second kappa shape index (κ2) is 3.89. The molecule has 4 N–H and O–H groups in total. The first-order valence-corrected chi connectivity index (χ1v) is 5.49. The third kappa shape index (κ3) is 1.80. The van der Waals surface area contributed by atoms with Crippen molar-refractivity contribution in [3.63, 3.8) is 0 Å². The SMILES string of the molecule is CC(C)(c1c[nH]c2ccccc12)C(N)C(=O)O. The summed E-state index contributed by atoms with van der Waals surface area (Å²) in [4.78, 5) is 14.2. The zero-order valence-electron chi connectivity index (χ0n) is 9.90. The van der Waals surface area contributed by atoms with Crippen LogP contribution < -0.4 is 5.73 Å². The molecule has 0 radical (unpaired) electrons. The molecule has 4 heteroatoms. The highest BCUT2D eigenvalue weighted by atomic mass is 16.4. The Morgan fingerprint density at radius 2 is 2.06 bits per heavy atom. The van der Waals surface area contributed by atoms with Gasteiger partial charge in [0.05, 0.1) is 0 Å². The molecule has 1 unspecified atom stereocenters. The maximum Gasteiger partial charge on any atom is 0.321 e. The molecule has 0 saturated heterocycles. The Labute approximate surface area is 99.4 Å². The Morgan fingerprint density at radius 1 is 1.41 bits per heavy atom. The first-order chi connectivity index (χ1) is 7.94. The van der Waals surface area contributed by atoms with Crippen LogP contribution in [0.2, 0.25) is 0 Å². The summed E-state index contributed by atoms with van der Waals surface area (Å²) in [6.45, 7) is 3.70. The maximum atomic E-state index is 11.0. The van der Waals surface area contributed by atoms with Crippen LogP contribution in [-0.4, -0.2) is 22.1 Å². The van der Waals surface area contributed by atoms with E-state index in [1.807, 2.05) is 44.3 Å². The molecule has 2 aromatic rings. The van der Waals surface area contributed by atoms with Crippen molar-refractivity contribution in [1.29, 1.82) is 0 Å². The van der Waals surface area contributed by atoms with Gasteiger partial charge in [0, 0.05) is 22.5 Å². The van der Waals surface area contributed by atoms with Gasteiger partial charge in [-0.05, 0) is 11.6 Å². The number of nitrogens with one attached hydrogen (secondary N) is 1. The second-order valence-corrected chi connectivity index (χ2v) is 4.79. The molecule has 0 aliphatic carbocycles. The van der Waals surface area contributed by atoms with E-state index < -0.39 is 17.4 Å². The molecule has 0 spiro atoms. The quantitative estimate of drug-likeness (QED) is 0.755. The van der Waals surface area contributed by atoms with E-state index in [1.54, 1.807) is 0 Å². The minimum absolute atomic E-state index is 0.620. The molecule has 1 aromatic heterocycles. The van der Waals surface area contributed by atoms with E-state index in [-0.39, 0.29) is 0 Å². The van der Waals surface area contributed by atoms with Crippen molar-refractivity contribution in [3.8, 4) is 0 Å². The number of nitrogens with two attached hydrogens (primary N) is 1. The van der Waals surface area contributed by atoms with E-state index in [2.05, 4.69) is 4.98 Å². The van der Waals surface area contributed by atoms with Gasteiger partial charge in [0.25, 0.3) is 0 Å². The molecule has 1 aromatic carbocycles. The van der Waals surface area contributed by atoms with E-state index in [4.69, 9.17) is 10.8 Å². The lowest BCUT2D eigenvalue weighted by Crippen LogP contribution is -2.46. The molecule has 0 aliphatic heterocycles. The number of benzene rings is 1. The Kier molecular flexibility index (Phi) is 2.67. The Hall–Kier alpha value is -1.81. The standard InChI is InChI=1S/C13H16N2O2/c1-13(2,11(14)12(16)17)9-7-15-10-6-4-3-5-8(9)10/h3-7,11,15H,14H2,1-2H3,(H,16,17). The van der Waals surface area contributed by atoms with Gasteiger partial charge in [0.1, 0.15) is 6.04 Å². The number of carboxylic acids is 1. The lowest BCUT2D eigenvalue weighted by atomic mass is 9.78. The van der Waals surface area contributed by atoms with Crippen LogP contribution in [0.15, 0.2) is 30.5 Å². The van der Waals surface area contributed by atoms with Crippen LogP contribution in [0.1, 0.15) is 19.4 Å². The minimum Gasteiger partial charge on any atom is -0.480 e. The van der Waals surface area contributed by atoms with Gasteiger partial charge in [-0.2, -0.15) is 0 Å². The Bertz CT molecular complexity index is 557. The smallest absolute Gasteiger partial charge is 0.321 e. The zero-order chi connectivity index (χ0) is 12.6. The number of aromatic amines is 1. The summed E-state index contributed by atoms with van der Waals surface area (Å²) < 4.78 is 0. The summed E-state index contributed by atoms with van der Waals surface area (Å²) >= 11 is 0. The van der Waals surface area contributed by atoms with Gasteiger partial charge in [-0.15, -0.1) is 0 Å². The number of hydrogen-bond donors (Lipinski definition) is 3. The number of carboxylic acid groups (broad SMARTS) is 1. The number of H-pyrrole nitrogens is 1. The average molecular weight is 232 g/mol. The summed E-state index contributed by atoms with van der Waals surface area (Å²) in [7, 11) is 0. The normalized spacial score (nSPS) is 13.8. The molecule has 0 amide bonds. The minimum atomic E-state index is -0.986. The largest absolute Gasteiger partial charge is 0.480 e. The summed E-state index contributed by atoms with van der Waals surface area (Å²) in [6, 6.07) is 6.87. The van der Waals surface area contributed by atoms with Crippen molar-refractivity contribution in [2.45, 2.75) is 25.3 Å². The van der Waals surface area contributed by atoms with Crippen LogP contribution in [0.4, 0.5) is 0 Å². The molecular formula is C13H16N2O2. The van der Waals surface area contributed by atoms with Crippen LogP contribution in [0.5, 0.6) is 0 Å². The number of rotatable bonds is 3. The molecule has 0 aliphatic rings. The van der Waals surface area contributed by atoms with Crippen molar-refractivity contribution in [2.24, 2.45) is 5.73 Å². The van der Waals surface area contributed by atoms with Gasteiger partial charge in [-0.1, -0.05) is 32.0 Å². The van der Waals surface area contributed by atoms with Crippen molar-refractivity contribution in [2.75, 3.05) is 0 Å². The predicted octanol–water partition coefficient (Wildman–Crippen LogP) is 1.86. The molecule has 1 atom stereocenters. The fraction of sp³-hybridized carbons (Fsp3) is 0.308. The molecule has 2 rings (SSSR count). The molecule has 0 fully saturated rings. The first-order valence-electron chi connectivity index (χ1n) is 5.49. The van der Waals surface area contributed by atoms with Gasteiger partial charge in [-0.25, -0.2) is 0 Å². The maximum absolute atomic E-state index is 11.0. The number of para-hydroxylation sites is 1. The zero-order valence-corrected chi connectivity index (χ0v) is 9.90. The van der Waals surface area contributed by atoms with Crippen molar-refractivity contribution < 1.29 is 9.90 Å². The lowest BCUT2D eigenvalue weighted by Gasteiger charge is -2.28. The Morgan fingerprint density at radius 3 is 2.71 bits per heavy atom. The number of aromatic nitrogens is 1. The highest BCUT2D eigenvalue weighted by Gasteiger charge is 2.35. The van der Waals surface area contributed by atoms with Crippen molar-refractivity contribution >= 4 is 16.9 Å². The third-order valence-corrected chi connectivity index (χ3v) is 3.33. The van der Waals surface area contributed by atoms with E-state index in [1.165, 1.54) is 0 Å². The number of fused-ring (bicyclic) bond motifs is 1. The van der Waals surface area contributed by atoms with Gasteiger partial charge in [0.2, 0.25) is 0 Å². The molecule has 4 nitrogen and oxygen atoms in total. The average Bonchev–Trinajstić information content (AvgIpc) is 2.72. The van der Waals surface area contributed by atoms with Crippen molar-refractivity contribution in [1.82, 2.24) is 4.98 Å². The summed E-state index contributed by atoms with van der Waals surface area (Å²) in [5, 5.41) is 10.1. The van der Waals surface area contributed by atoms with Crippen LogP contribution in [0.3, 0.4) is 0 Å². The van der Waals surface area contributed by atoms with Gasteiger partial charge >= 0.3 is 5.97 Å². The molecule has 0 bridgehead atoms. The lowest BCUT2D eigenvalue weighted by molar-refractivity contribution is -0.140. The number of hydrogen-bond acceptors (Lipinski definition) is 2. The molecule has 1 heterocycles. The van der Waals surface area contributed by atoms with Crippen LogP contribution in [0, 0.1) is 0 Å². The molecular weight excluding hydrogens is 216 g/mol. The summed E-state index contributed by atoms with van der Waals surface area (Å²) in [5.74, 6) is -0.986. The summed E-state index contributed by atoms with van der Waals surface area (Å²) in [5.41, 5.74) is 7.07. The van der Waals surface area contributed by atoms with Crippen LogP contribution in [0.25, 0.3) is 10.9 Å². The highest BCUT2D eigenvalue weighted by molar-refractivity contribution is 5.86. The number of carbonyl (C=O) groups is 1. The van der Waals surface area contributed by atoms with E-state index in [0.717, 1.165) is 16.5 Å².